The lowest BCUT2D eigenvalue weighted by atomic mass is 10.1. The van der Waals surface area contributed by atoms with Gasteiger partial charge in [0.2, 0.25) is 0 Å². The first-order chi connectivity index (χ1) is 11.3. The van der Waals surface area contributed by atoms with Crippen molar-refractivity contribution in [3.63, 3.8) is 0 Å². The molecule has 4 heteroatoms. The number of pyridine rings is 1. The highest BCUT2D eigenvalue weighted by Gasteiger charge is 2.19. The van der Waals surface area contributed by atoms with Gasteiger partial charge in [0.25, 0.3) is 5.91 Å². The van der Waals surface area contributed by atoms with Gasteiger partial charge in [0, 0.05) is 40.6 Å². The number of carbonyl (C=O) groups excluding carboxylic acids is 1. The lowest BCUT2D eigenvalue weighted by Crippen LogP contribution is -2.35. The average molecular weight is 322 g/mol. The molecule has 1 fully saturated rings. The van der Waals surface area contributed by atoms with E-state index in [4.69, 9.17) is 0 Å². The monoisotopic (exact) mass is 322 g/mol. The Balaban J connectivity index is 1.66. The minimum Gasteiger partial charge on any atom is -0.339 e. The highest BCUT2D eigenvalue weighted by atomic mass is 32.1. The maximum absolute atomic E-state index is 12.6. The Morgan fingerprint density at radius 2 is 1.87 bits per heavy atom. The lowest BCUT2D eigenvalue weighted by molar-refractivity contribution is 0.0724. The number of carbonyl (C=O) groups is 1. The number of piperidine rings is 1. The second-order valence-corrected chi connectivity index (χ2v) is 7.05. The van der Waals surface area contributed by atoms with E-state index < -0.39 is 0 Å². The third-order valence-electron chi connectivity index (χ3n) is 4.34. The number of amides is 1. The first-order valence-corrected chi connectivity index (χ1v) is 8.86. The summed E-state index contributed by atoms with van der Waals surface area (Å²) in [6, 6.07) is 12.5. The zero-order chi connectivity index (χ0) is 15.6. The second-order valence-electron chi connectivity index (χ2n) is 5.96. The lowest BCUT2D eigenvalue weighted by Gasteiger charge is -2.26. The van der Waals surface area contributed by atoms with Gasteiger partial charge in [-0.15, -0.1) is 11.3 Å². The summed E-state index contributed by atoms with van der Waals surface area (Å²) in [6.07, 6.45) is 6.97. The number of hydrogen-bond acceptors (Lipinski definition) is 3. The molecule has 1 amide bonds. The van der Waals surface area contributed by atoms with Crippen LogP contribution in [0.15, 0.2) is 48.8 Å². The van der Waals surface area contributed by atoms with E-state index in [1.54, 1.807) is 17.5 Å². The zero-order valence-corrected chi connectivity index (χ0v) is 13.7. The molecule has 3 heterocycles. The van der Waals surface area contributed by atoms with Gasteiger partial charge in [-0.3, -0.25) is 9.78 Å². The van der Waals surface area contributed by atoms with Gasteiger partial charge in [-0.25, -0.2) is 0 Å². The van der Waals surface area contributed by atoms with Crippen LogP contribution in [0.2, 0.25) is 0 Å². The summed E-state index contributed by atoms with van der Waals surface area (Å²) in [5.41, 5.74) is 1.72. The number of nitrogens with zero attached hydrogens (tertiary/aromatic N) is 2. The van der Waals surface area contributed by atoms with Crippen molar-refractivity contribution in [2.24, 2.45) is 0 Å². The van der Waals surface area contributed by atoms with Crippen LogP contribution >= 0.6 is 11.3 Å². The van der Waals surface area contributed by atoms with E-state index >= 15 is 0 Å². The van der Waals surface area contributed by atoms with Crippen LogP contribution in [0, 0.1) is 0 Å². The van der Waals surface area contributed by atoms with E-state index in [1.165, 1.54) is 16.5 Å². The van der Waals surface area contributed by atoms with Crippen molar-refractivity contribution in [1.29, 1.82) is 0 Å². The Labute approximate surface area is 139 Å². The van der Waals surface area contributed by atoms with Crippen molar-refractivity contribution in [3.05, 3.63) is 54.4 Å². The van der Waals surface area contributed by atoms with Crippen molar-refractivity contribution < 1.29 is 4.79 Å². The smallest absolute Gasteiger partial charge is 0.255 e. The molecule has 3 aromatic rings. The van der Waals surface area contributed by atoms with E-state index in [0.29, 0.717) is 5.56 Å². The number of likely N-dealkylation sites (tertiary alicyclic amines) is 1. The first kappa shape index (κ1) is 14.4. The molecule has 1 aliphatic heterocycles. The van der Waals surface area contributed by atoms with E-state index in [0.717, 1.165) is 36.4 Å². The van der Waals surface area contributed by atoms with Crippen LogP contribution < -0.4 is 0 Å². The summed E-state index contributed by atoms with van der Waals surface area (Å²) in [7, 11) is 0. The number of aromatic nitrogens is 1. The van der Waals surface area contributed by atoms with Crippen molar-refractivity contribution in [1.82, 2.24) is 9.88 Å². The maximum Gasteiger partial charge on any atom is 0.255 e. The molecule has 0 saturated carbocycles. The normalized spacial score (nSPS) is 15.0. The van der Waals surface area contributed by atoms with Gasteiger partial charge in [-0.05, 0) is 42.8 Å². The molecule has 4 rings (SSSR count). The van der Waals surface area contributed by atoms with Crippen LogP contribution in [0.25, 0.3) is 20.5 Å². The zero-order valence-electron chi connectivity index (χ0n) is 12.9. The van der Waals surface area contributed by atoms with E-state index in [1.807, 2.05) is 23.2 Å². The van der Waals surface area contributed by atoms with E-state index in [-0.39, 0.29) is 5.91 Å². The highest BCUT2D eigenvalue weighted by molar-refractivity contribution is 7.22. The fourth-order valence-electron chi connectivity index (χ4n) is 3.10. The number of benzene rings is 1. The fourth-order valence-corrected chi connectivity index (χ4v) is 4.14. The molecule has 0 N–H and O–H groups in total. The number of thiophene rings is 1. The van der Waals surface area contributed by atoms with Crippen LogP contribution in [0.5, 0.6) is 0 Å². The average Bonchev–Trinajstić information content (AvgIpc) is 3.06. The summed E-state index contributed by atoms with van der Waals surface area (Å²) in [5, 5.41) is 1.24. The van der Waals surface area contributed by atoms with Crippen LogP contribution in [0.1, 0.15) is 29.6 Å². The quantitative estimate of drug-likeness (QED) is 0.691. The minimum absolute atomic E-state index is 0.111. The maximum atomic E-state index is 12.6. The van der Waals surface area contributed by atoms with Gasteiger partial charge in [-0.1, -0.05) is 18.2 Å². The molecule has 0 aliphatic carbocycles. The van der Waals surface area contributed by atoms with E-state index in [2.05, 4.69) is 29.2 Å². The van der Waals surface area contributed by atoms with Crippen molar-refractivity contribution in [3.8, 4) is 10.4 Å². The van der Waals surface area contributed by atoms with Crippen LogP contribution in [0.4, 0.5) is 0 Å². The van der Waals surface area contributed by atoms with Gasteiger partial charge in [0.1, 0.15) is 0 Å². The Bertz CT molecular complexity index is 816. The first-order valence-electron chi connectivity index (χ1n) is 8.04. The third-order valence-corrected chi connectivity index (χ3v) is 5.50. The van der Waals surface area contributed by atoms with Gasteiger partial charge in [0.15, 0.2) is 0 Å². The molecule has 2 aromatic heterocycles. The molecular weight excluding hydrogens is 304 g/mol. The van der Waals surface area contributed by atoms with Crippen LogP contribution in [0.3, 0.4) is 0 Å². The van der Waals surface area contributed by atoms with Gasteiger partial charge in [0.05, 0.1) is 5.56 Å². The number of rotatable bonds is 2. The van der Waals surface area contributed by atoms with Crippen molar-refractivity contribution >= 4 is 27.3 Å². The predicted molar refractivity (Wildman–Crippen MR) is 94.8 cm³/mol. The summed E-state index contributed by atoms with van der Waals surface area (Å²) < 4.78 is 1.26. The molecule has 116 valence electrons. The fraction of sp³-hybridized carbons (Fsp3) is 0.263. The van der Waals surface area contributed by atoms with Crippen molar-refractivity contribution in [2.45, 2.75) is 19.3 Å². The molecule has 0 spiro atoms. The summed E-state index contributed by atoms with van der Waals surface area (Å²) in [4.78, 5) is 20.1. The van der Waals surface area contributed by atoms with E-state index in [9.17, 15) is 4.79 Å². The second kappa shape index (κ2) is 6.13. The van der Waals surface area contributed by atoms with Crippen LogP contribution in [-0.2, 0) is 0 Å². The highest BCUT2D eigenvalue weighted by Crippen LogP contribution is 2.33. The molecule has 0 radical (unpaired) electrons. The standard InChI is InChI=1S/C19H18N2OS/c22-19(21-8-4-1-5-9-21)16-10-15(12-20-13-16)18-11-14-6-2-3-7-17(14)23-18/h2-3,6-7,10-13H,1,4-5,8-9H2. The Kier molecular flexibility index (Phi) is 3.83. The summed E-state index contributed by atoms with van der Waals surface area (Å²) >= 11 is 1.74. The van der Waals surface area contributed by atoms with Gasteiger partial charge >= 0.3 is 0 Å². The molecule has 0 bridgehead atoms. The number of fused-ring (bicyclic) bond motifs is 1. The largest absolute Gasteiger partial charge is 0.339 e. The van der Waals surface area contributed by atoms with Gasteiger partial charge < -0.3 is 4.90 Å². The number of hydrogen-bond donors (Lipinski definition) is 0. The minimum atomic E-state index is 0.111. The molecular formula is C19H18N2OS. The molecule has 1 aliphatic rings. The predicted octanol–water partition coefficient (Wildman–Crippen LogP) is 4.59. The SMILES string of the molecule is O=C(c1cncc(-c2cc3ccccc3s2)c1)N1CCCCC1. The topological polar surface area (TPSA) is 33.2 Å². The van der Waals surface area contributed by atoms with Gasteiger partial charge in [-0.2, -0.15) is 0 Å². The van der Waals surface area contributed by atoms with Crippen molar-refractivity contribution in [2.75, 3.05) is 13.1 Å². The Hall–Kier alpha value is -2.20. The molecule has 1 saturated heterocycles. The molecule has 1 aromatic carbocycles. The van der Waals surface area contributed by atoms with Crippen LogP contribution in [-0.4, -0.2) is 28.9 Å². The molecule has 23 heavy (non-hydrogen) atoms. The summed E-state index contributed by atoms with van der Waals surface area (Å²) in [5.74, 6) is 0.111. The molecule has 0 unspecified atom stereocenters. The summed E-state index contributed by atoms with van der Waals surface area (Å²) in [6.45, 7) is 1.73. The Morgan fingerprint density at radius 3 is 2.70 bits per heavy atom. The third kappa shape index (κ3) is 2.86. The Morgan fingerprint density at radius 1 is 1.04 bits per heavy atom. The molecule has 0 atom stereocenters. The molecule has 3 nitrogen and oxygen atoms in total.